The summed E-state index contributed by atoms with van der Waals surface area (Å²) >= 11 is 0. The van der Waals surface area contributed by atoms with Gasteiger partial charge >= 0.3 is 0 Å². The number of nitrogens with two attached hydrogens (primary N) is 1. The number of aromatic nitrogens is 1. The zero-order valence-electron chi connectivity index (χ0n) is 10.8. The lowest BCUT2D eigenvalue weighted by molar-refractivity contribution is 0.0939. The molecule has 1 atom stereocenters. The standard InChI is InChI=1S/C15H17N3O/c1-11(14-7-2-3-8-17-14)18-15(19)13-6-4-5-12(9-13)10-16/h2-9,11H,10,16H2,1H3,(H,18,19). The Labute approximate surface area is 112 Å². The van der Waals surface area contributed by atoms with Gasteiger partial charge in [-0.3, -0.25) is 9.78 Å². The summed E-state index contributed by atoms with van der Waals surface area (Å²) < 4.78 is 0. The maximum Gasteiger partial charge on any atom is 0.251 e. The fraction of sp³-hybridized carbons (Fsp3) is 0.200. The molecule has 2 rings (SSSR count). The van der Waals surface area contributed by atoms with Gasteiger partial charge < -0.3 is 11.1 Å². The maximum atomic E-state index is 12.1. The smallest absolute Gasteiger partial charge is 0.251 e. The Bertz CT molecular complexity index is 554. The van der Waals surface area contributed by atoms with Crippen LogP contribution in [0.2, 0.25) is 0 Å². The molecule has 1 aromatic heterocycles. The number of amides is 1. The molecular formula is C15H17N3O. The van der Waals surface area contributed by atoms with Crippen molar-refractivity contribution in [2.45, 2.75) is 19.5 Å². The van der Waals surface area contributed by atoms with Crippen LogP contribution < -0.4 is 11.1 Å². The summed E-state index contributed by atoms with van der Waals surface area (Å²) in [6.07, 6.45) is 1.72. The van der Waals surface area contributed by atoms with E-state index in [4.69, 9.17) is 5.73 Å². The molecule has 0 radical (unpaired) electrons. The van der Waals surface area contributed by atoms with Crippen LogP contribution in [0.15, 0.2) is 48.7 Å². The van der Waals surface area contributed by atoms with Crippen molar-refractivity contribution >= 4 is 5.91 Å². The summed E-state index contributed by atoms with van der Waals surface area (Å²) in [6, 6.07) is 12.8. The maximum absolute atomic E-state index is 12.1. The average molecular weight is 255 g/mol. The minimum atomic E-state index is -0.129. The fourth-order valence-corrected chi connectivity index (χ4v) is 1.83. The third kappa shape index (κ3) is 3.39. The Morgan fingerprint density at radius 2 is 2.16 bits per heavy atom. The van der Waals surface area contributed by atoms with E-state index in [2.05, 4.69) is 10.3 Å². The molecule has 0 saturated carbocycles. The van der Waals surface area contributed by atoms with Crippen LogP contribution in [-0.2, 0) is 6.54 Å². The lowest BCUT2D eigenvalue weighted by Crippen LogP contribution is -2.27. The summed E-state index contributed by atoms with van der Waals surface area (Å²) in [5, 5.41) is 2.92. The van der Waals surface area contributed by atoms with E-state index in [0.29, 0.717) is 12.1 Å². The highest BCUT2D eigenvalue weighted by Crippen LogP contribution is 2.10. The average Bonchev–Trinajstić information content (AvgIpc) is 2.48. The monoisotopic (exact) mass is 255 g/mol. The lowest BCUT2D eigenvalue weighted by atomic mass is 10.1. The molecule has 0 bridgehead atoms. The highest BCUT2D eigenvalue weighted by molar-refractivity contribution is 5.94. The van der Waals surface area contributed by atoms with Crippen LogP contribution in [-0.4, -0.2) is 10.9 Å². The first-order valence-electron chi connectivity index (χ1n) is 6.21. The Morgan fingerprint density at radius 1 is 1.32 bits per heavy atom. The second kappa shape index (κ2) is 6.11. The predicted molar refractivity (Wildman–Crippen MR) is 74.5 cm³/mol. The van der Waals surface area contributed by atoms with Crippen LogP contribution in [0.5, 0.6) is 0 Å². The molecule has 0 spiro atoms. The van der Waals surface area contributed by atoms with Crippen LogP contribution in [0.1, 0.15) is 34.6 Å². The van der Waals surface area contributed by atoms with Gasteiger partial charge in [0.15, 0.2) is 0 Å². The molecule has 0 aliphatic heterocycles. The Kier molecular flexibility index (Phi) is 4.26. The molecule has 4 nitrogen and oxygen atoms in total. The van der Waals surface area contributed by atoms with Crippen LogP contribution in [0.4, 0.5) is 0 Å². The van der Waals surface area contributed by atoms with Gasteiger partial charge in [0, 0.05) is 18.3 Å². The van der Waals surface area contributed by atoms with Gasteiger partial charge in [0.2, 0.25) is 0 Å². The summed E-state index contributed by atoms with van der Waals surface area (Å²) in [4.78, 5) is 16.3. The molecule has 0 aliphatic rings. The summed E-state index contributed by atoms with van der Waals surface area (Å²) in [6.45, 7) is 2.34. The third-order valence-corrected chi connectivity index (χ3v) is 2.90. The van der Waals surface area contributed by atoms with Crippen LogP contribution >= 0.6 is 0 Å². The number of nitrogens with zero attached hydrogens (tertiary/aromatic N) is 1. The highest BCUT2D eigenvalue weighted by atomic mass is 16.1. The van der Waals surface area contributed by atoms with Crippen molar-refractivity contribution in [2.75, 3.05) is 0 Å². The van der Waals surface area contributed by atoms with Gasteiger partial charge in [0.05, 0.1) is 11.7 Å². The molecule has 1 amide bonds. The molecule has 4 heteroatoms. The molecule has 0 fully saturated rings. The van der Waals surface area contributed by atoms with Crippen molar-refractivity contribution in [3.63, 3.8) is 0 Å². The number of carbonyl (C=O) groups excluding carboxylic acids is 1. The van der Waals surface area contributed by atoms with Crippen molar-refractivity contribution in [2.24, 2.45) is 5.73 Å². The van der Waals surface area contributed by atoms with E-state index in [9.17, 15) is 4.79 Å². The summed E-state index contributed by atoms with van der Waals surface area (Å²) in [5.41, 5.74) is 7.97. The van der Waals surface area contributed by atoms with Gasteiger partial charge in [-0.05, 0) is 36.8 Å². The van der Waals surface area contributed by atoms with Crippen LogP contribution in [0.3, 0.4) is 0 Å². The molecule has 0 saturated heterocycles. The normalized spacial score (nSPS) is 11.9. The molecule has 3 N–H and O–H groups in total. The molecule has 19 heavy (non-hydrogen) atoms. The Balaban J connectivity index is 2.08. The first-order chi connectivity index (χ1) is 9.20. The number of carbonyl (C=O) groups is 1. The molecule has 2 aromatic rings. The second-order valence-electron chi connectivity index (χ2n) is 4.35. The number of pyridine rings is 1. The number of benzene rings is 1. The van der Waals surface area contributed by atoms with E-state index >= 15 is 0 Å². The van der Waals surface area contributed by atoms with Crippen molar-refractivity contribution in [3.8, 4) is 0 Å². The Hall–Kier alpha value is -2.20. The first-order valence-corrected chi connectivity index (χ1v) is 6.21. The summed E-state index contributed by atoms with van der Waals surface area (Å²) in [7, 11) is 0. The van der Waals surface area contributed by atoms with Crippen molar-refractivity contribution in [3.05, 3.63) is 65.5 Å². The number of rotatable bonds is 4. The lowest BCUT2D eigenvalue weighted by Gasteiger charge is -2.13. The summed E-state index contributed by atoms with van der Waals surface area (Å²) in [5.74, 6) is -0.117. The number of nitrogens with one attached hydrogen (secondary N) is 1. The van der Waals surface area contributed by atoms with E-state index in [0.717, 1.165) is 11.3 Å². The second-order valence-corrected chi connectivity index (χ2v) is 4.35. The van der Waals surface area contributed by atoms with Gasteiger partial charge in [0.25, 0.3) is 5.91 Å². The molecule has 1 unspecified atom stereocenters. The van der Waals surface area contributed by atoms with Gasteiger partial charge in [-0.2, -0.15) is 0 Å². The Morgan fingerprint density at radius 3 is 2.84 bits per heavy atom. The topological polar surface area (TPSA) is 68.0 Å². The minimum Gasteiger partial charge on any atom is -0.344 e. The fourth-order valence-electron chi connectivity index (χ4n) is 1.83. The van der Waals surface area contributed by atoms with Crippen molar-refractivity contribution in [1.82, 2.24) is 10.3 Å². The highest BCUT2D eigenvalue weighted by Gasteiger charge is 2.12. The quantitative estimate of drug-likeness (QED) is 0.878. The van der Waals surface area contributed by atoms with E-state index in [1.54, 1.807) is 18.3 Å². The van der Waals surface area contributed by atoms with E-state index < -0.39 is 0 Å². The SMILES string of the molecule is CC(NC(=O)c1cccc(CN)c1)c1ccccn1. The molecule has 98 valence electrons. The van der Waals surface area contributed by atoms with Crippen molar-refractivity contribution in [1.29, 1.82) is 0 Å². The number of hydrogen-bond donors (Lipinski definition) is 2. The minimum absolute atomic E-state index is 0.117. The van der Waals surface area contributed by atoms with Crippen LogP contribution in [0.25, 0.3) is 0 Å². The zero-order valence-corrected chi connectivity index (χ0v) is 10.8. The zero-order chi connectivity index (χ0) is 13.7. The van der Waals surface area contributed by atoms with Gasteiger partial charge in [-0.1, -0.05) is 18.2 Å². The number of hydrogen-bond acceptors (Lipinski definition) is 3. The first kappa shape index (κ1) is 13.2. The van der Waals surface area contributed by atoms with Crippen LogP contribution in [0, 0.1) is 0 Å². The third-order valence-electron chi connectivity index (χ3n) is 2.90. The van der Waals surface area contributed by atoms with Gasteiger partial charge in [-0.25, -0.2) is 0 Å². The molecule has 0 aliphatic carbocycles. The molecular weight excluding hydrogens is 238 g/mol. The predicted octanol–water partition coefficient (Wildman–Crippen LogP) is 2.03. The molecule has 1 heterocycles. The molecule has 1 aromatic carbocycles. The van der Waals surface area contributed by atoms with E-state index in [1.165, 1.54) is 0 Å². The van der Waals surface area contributed by atoms with Crippen molar-refractivity contribution < 1.29 is 4.79 Å². The van der Waals surface area contributed by atoms with Gasteiger partial charge in [0.1, 0.15) is 0 Å². The van der Waals surface area contributed by atoms with Gasteiger partial charge in [-0.15, -0.1) is 0 Å². The van der Waals surface area contributed by atoms with E-state index in [-0.39, 0.29) is 11.9 Å². The largest absolute Gasteiger partial charge is 0.344 e. The van der Waals surface area contributed by atoms with E-state index in [1.807, 2.05) is 37.3 Å².